The Morgan fingerprint density at radius 2 is 1.87 bits per heavy atom. The van der Waals surface area contributed by atoms with Gasteiger partial charge < -0.3 is 15.5 Å². The summed E-state index contributed by atoms with van der Waals surface area (Å²) in [5.74, 6) is -0.209. The average Bonchev–Trinajstić information content (AvgIpc) is 2.80. The van der Waals surface area contributed by atoms with E-state index in [9.17, 15) is 9.59 Å². The first kappa shape index (κ1) is 21.2. The summed E-state index contributed by atoms with van der Waals surface area (Å²) in [4.78, 5) is 27.9. The van der Waals surface area contributed by atoms with Crippen LogP contribution in [0.1, 0.15) is 29.3 Å². The maximum atomic E-state index is 13.0. The number of likely N-dealkylation sites (tertiary alicyclic amines) is 1. The van der Waals surface area contributed by atoms with Gasteiger partial charge in [0, 0.05) is 35.6 Å². The Labute approximate surface area is 187 Å². The number of fused-ring (bicyclic) bond motifs is 1. The maximum absolute atomic E-state index is 13.0. The van der Waals surface area contributed by atoms with Crippen molar-refractivity contribution in [3.05, 3.63) is 88.2 Å². The van der Waals surface area contributed by atoms with Crippen LogP contribution in [-0.4, -0.2) is 36.2 Å². The smallest absolute Gasteiger partial charge is 0.232 e. The van der Waals surface area contributed by atoms with Crippen molar-refractivity contribution in [2.45, 2.75) is 19.8 Å². The third-order valence-electron chi connectivity index (χ3n) is 5.83. The van der Waals surface area contributed by atoms with Crippen molar-refractivity contribution in [1.82, 2.24) is 10.2 Å². The fraction of sp³-hybridized carbons (Fsp3) is 0.280. The van der Waals surface area contributed by atoms with Crippen molar-refractivity contribution in [2.75, 3.05) is 25.0 Å². The quantitative estimate of drug-likeness (QED) is 0.659. The van der Waals surface area contributed by atoms with Crippen LogP contribution in [0.5, 0.6) is 0 Å². The standard InChI is InChI=1S/C25H26ClN3O2/c1-2-17-3-5-18(6-4-17)24(30)16-29-14-12-22(21-11-13-27-15-23(21)29)25(31)28-20-9-7-19(26)8-10-20/h3-11,15,22,27H,2,12-14,16H2,1H3,(H,28,31). The SMILES string of the molecule is CCc1ccc(C(=O)CN2CCC(C(=O)Nc3ccc(Cl)cc3)C3=CCNC=C32)cc1. The Morgan fingerprint density at radius 3 is 2.58 bits per heavy atom. The van der Waals surface area contributed by atoms with Gasteiger partial charge in [0.25, 0.3) is 0 Å². The number of anilines is 1. The summed E-state index contributed by atoms with van der Waals surface area (Å²) >= 11 is 5.94. The van der Waals surface area contributed by atoms with E-state index in [-0.39, 0.29) is 17.6 Å². The molecule has 0 radical (unpaired) electrons. The van der Waals surface area contributed by atoms with Crippen molar-refractivity contribution in [3.63, 3.8) is 0 Å². The summed E-state index contributed by atoms with van der Waals surface area (Å²) in [6.07, 6.45) is 5.58. The minimum atomic E-state index is -0.251. The van der Waals surface area contributed by atoms with Gasteiger partial charge in [-0.25, -0.2) is 0 Å². The minimum absolute atomic E-state index is 0.0393. The molecule has 1 saturated heterocycles. The highest BCUT2D eigenvalue weighted by Crippen LogP contribution is 2.33. The zero-order valence-electron chi connectivity index (χ0n) is 17.5. The number of piperidine rings is 1. The number of halogens is 1. The lowest BCUT2D eigenvalue weighted by Gasteiger charge is -2.38. The van der Waals surface area contributed by atoms with Crippen LogP contribution in [-0.2, 0) is 11.2 Å². The molecule has 31 heavy (non-hydrogen) atoms. The molecule has 1 fully saturated rings. The molecule has 2 aliphatic rings. The second-order valence-electron chi connectivity index (χ2n) is 7.83. The molecule has 1 unspecified atom stereocenters. The van der Waals surface area contributed by atoms with Crippen LogP contribution in [0.2, 0.25) is 5.02 Å². The topological polar surface area (TPSA) is 61.4 Å². The summed E-state index contributed by atoms with van der Waals surface area (Å²) < 4.78 is 0. The fourth-order valence-corrected chi connectivity index (χ4v) is 4.18. The number of dihydropyridines is 1. The third-order valence-corrected chi connectivity index (χ3v) is 6.08. The highest BCUT2D eigenvalue weighted by molar-refractivity contribution is 6.30. The Hall–Kier alpha value is -3.05. The number of hydrogen-bond donors (Lipinski definition) is 2. The van der Waals surface area contributed by atoms with Crippen molar-refractivity contribution in [1.29, 1.82) is 0 Å². The first-order valence-corrected chi connectivity index (χ1v) is 11.0. The molecule has 2 N–H and O–H groups in total. The molecule has 2 heterocycles. The molecule has 0 spiro atoms. The number of amides is 1. The lowest BCUT2D eigenvalue weighted by atomic mass is 9.86. The van der Waals surface area contributed by atoms with E-state index in [0.717, 1.165) is 28.9 Å². The molecule has 1 atom stereocenters. The lowest BCUT2D eigenvalue weighted by Crippen LogP contribution is -2.42. The number of Topliss-reactive ketones (excluding diaryl/α,β-unsaturated/α-hetero) is 1. The second-order valence-corrected chi connectivity index (χ2v) is 8.27. The van der Waals surface area contributed by atoms with Gasteiger partial charge in [0.05, 0.1) is 18.2 Å². The van der Waals surface area contributed by atoms with E-state index in [0.29, 0.717) is 31.1 Å². The van der Waals surface area contributed by atoms with E-state index in [1.54, 1.807) is 24.3 Å². The third kappa shape index (κ3) is 4.83. The molecule has 160 valence electrons. The highest BCUT2D eigenvalue weighted by Gasteiger charge is 2.34. The van der Waals surface area contributed by atoms with Gasteiger partial charge >= 0.3 is 0 Å². The first-order chi connectivity index (χ1) is 15.0. The molecule has 0 saturated carbocycles. The van der Waals surface area contributed by atoms with Crippen molar-refractivity contribution in [2.24, 2.45) is 5.92 Å². The molecule has 6 heteroatoms. The molecule has 0 bridgehead atoms. The van der Waals surface area contributed by atoms with E-state index >= 15 is 0 Å². The summed E-state index contributed by atoms with van der Waals surface area (Å²) in [6, 6.07) is 14.9. The van der Waals surface area contributed by atoms with Crippen molar-refractivity contribution < 1.29 is 9.59 Å². The van der Waals surface area contributed by atoms with Gasteiger partial charge in [-0.1, -0.05) is 48.9 Å². The number of carbonyl (C=O) groups is 2. The van der Waals surface area contributed by atoms with Crippen LogP contribution in [0.3, 0.4) is 0 Å². The summed E-state index contributed by atoms with van der Waals surface area (Å²) in [6.45, 7) is 3.70. The zero-order valence-corrected chi connectivity index (χ0v) is 18.3. The molecular weight excluding hydrogens is 410 g/mol. The van der Waals surface area contributed by atoms with E-state index in [4.69, 9.17) is 11.6 Å². The molecule has 2 aromatic rings. The predicted molar refractivity (Wildman–Crippen MR) is 124 cm³/mol. The molecule has 2 aliphatic heterocycles. The number of allylic oxidation sites excluding steroid dienone is 1. The summed E-state index contributed by atoms with van der Waals surface area (Å²) in [5.41, 5.74) is 4.56. The minimum Gasteiger partial charge on any atom is -0.386 e. The van der Waals surface area contributed by atoms with E-state index in [1.165, 1.54) is 5.56 Å². The van der Waals surface area contributed by atoms with Gasteiger partial charge in [0.1, 0.15) is 0 Å². The number of aryl methyl sites for hydroxylation is 1. The number of nitrogens with one attached hydrogen (secondary N) is 2. The number of nitrogens with zero attached hydrogens (tertiary/aromatic N) is 1. The first-order valence-electron chi connectivity index (χ1n) is 10.6. The molecule has 1 amide bonds. The zero-order chi connectivity index (χ0) is 21.8. The summed E-state index contributed by atoms with van der Waals surface area (Å²) in [7, 11) is 0. The Kier molecular flexibility index (Phi) is 6.42. The van der Waals surface area contributed by atoms with Gasteiger partial charge in [-0.3, -0.25) is 9.59 Å². The number of rotatable bonds is 6. The largest absolute Gasteiger partial charge is 0.386 e. The van der Waals surface area contributed by atoms with E-state index in [1.807, 2.05) is 36.5 Å². The van der Waals surface area contributed by atoms with Gasteiger partial charge in [0.2, 0.25) is 5.91 Å². The Bertz CT molecular complexity index is 1030. The Morgan fingerprint density at radius 1 is 1.13 bits per heavy atom. The normalized spacial score (nSPS) is 17.7. The van der Waals surface area contributed by atoms with Crippen LogP contribution >= 0.6 is 11.6 Å². The Balaban J connectivity index is 1.46. The maximum Gasteiger partial charge on any atom is 0.232 e. The van der Waals surface area contributed by atoms with Crippen molar-refractivity contribution >= 4 is 29.0 Å². The summed E-state index contributed by atoms with van der Waals surface area (Å²) in [5, 5.41) is 6.84. The van der Waals surface area contributed by atoms with Gasteiger partial charge in [0.15, 0.2) is 5.78 Å². The lowest BCUT2D eigenvalue weighted by molar-refractivity contribution is -0.119. The number of carbonyl (C=O) groups excluding carboxylic acids is 2. The van der Waals surface area contributed by atoms with Crippen LogP contribution in [0.15, 0.2) is 72.1 Å². The van der Waals surface area contributed by atoms with Gasteiger partial charge in [-0.15, -0.1) is 0 Å². The van der Waals surface area contributed by atoms with Crippen LogP contribution in [0, 0.1) is 5.92 Å². The van der Waals surface area contributed by atoms with Crippen LogP contribution in [0.4, 0.5) is 5.69 Å². The van der Waals surface area contributed by atoms with Gasteiger partial charge in [-0.2, -0.15) is 0 Å². The van der Waals surface area contributed by atoms with Crippen molar-refractivity contribution in [3.8, 4) is 0 Å². The average molecular weight is 436 g/mol. The number of benzene rings is 2. The molecule has 0 aromatic heterocycles. The molecule has 0 aliphatic carbocycles. The molecule has 4 rings (SSSR count). The highest BCUT2D eigenvalue weighted by atomic mass is 35.5. The second kappa shape index (κ2) is 9.40. The monoisotopic (exact) mass is 435 g/mol. The fourth-order valence-electron chi connectivity index (χ4n) is 4.06. The molecule has 5 nitrogen and oxygen atoms in total. The predicted octanol–water partition coefficient (Wildman–Crippen LogP) is 4.42. The van der Waals surface area contributed by atoms with E-state index < -0.39 is 0 Å². The molecule has 2 aromatic carbocycles. The number of ketones is 1. The van der Waals surface area contributed by atoms with Crippen LogP contribution < -0.4 is 10.6 Å². The van der Waals surface area contributed by atoms with Gasteiger partial charge in [-0.05, 0) is 48.2 Å². The van der Waals surface area contributed by atoms with Crippen LogP contribution in [0.25, 0.3) is 0 Å². The van der Waals surface area contributed by atoms with E-state index in [2.05, 4.69) is 22.5 Å². The molecular formula is C25H26ClN3O2. The number of hydrogen-bond acceptors (Lipinski definition) is 4.